The number of aromatic amines is 1. The van der Waals surface area contributed by atoms with Crippen molar-refractivity contribution >= 4 is 17.1 Å². The van der Waals surface area contributed by atoms with Crippen LogP contribution in [0.3, 0.4) is 0 Å². The maximum absolute atomic E-state index is 12.1. The molecule has 0 unspecified atom stereocenters. The van der Waals surface area contributed by atoms with Gasteiger partial charge in [-0.3, -0.25) is 14.3 Å². The van der Waals surface area contributed by atoms with Crippen LogP contribution in [-0.2, 0) is 4.74 Å². The molecule has 1 aromatic carbocycles. The van der Waals surface area contributed by atoms with Gasteiger partial charge in [0.25, 0.3) is 5.56 Å². The predicted octanol–water partition coefficient (Wildman–Crippen LogP) is 0.659. The first kappa shape index (κ1) is 19.0. The molecule has 1 aliphatic rings. The van der Waals surface area contributed by atoms with E-state index in [4.69, 9.17) is 9.84 Å². The second kappa shape index (κ2) is 7.82. The summed E-state index contributed by atoms with van der Waals surface area (Å²) < 4.78 is 6.58. The Labute approximate surface area is 154 Å². The Kier molecular flexibility index (Phi) is 5.49. The van der Waals surface area contributed by atoms with Crippen molar-refractivity contribution in [2.24, 2.45) is 10.2 Å². The van der Waals surface area contributed by atoms with Crippen LogP contribution in [0.5, 0.6) is 0 Å². The number of anilines is 1. The van der Waals surface area contributed by atoms with Gasteiger partial charge in [-0.2, -0.15) is 5.11 Å². The molecule has 3 N–H and O–H groups in total. The molecule has 0 radical (unpaired) electrons. The zero-order valence-corrected chi connectivity index (χ0v) is 14.9. The highest BCUT2D eigenvalue weighted by Crippen LogP contribution is 2.28. The van der Waals surface area contributed by atoms with Crippen molar-refractivity contribution in [3.05, 3.63) is 51.3 Å². The normalized spacial score (nSPS) is 22.4. The lowest BCUT2D eigenvalue weighted by atomic mass is 10.2. The summed E-state index contributed by atoms with van der Waals surface area (Å²) in [6, 6.07) is 7.24. The fourth-order valence-electron chi connectivity index (χ4n) is 2.74. The average molecular weight is 375 g/mol. The van der Waals surface area contributed by atoms with Crippen LogP contribution in [0.25, 0.3) is 0 Å². The number of nitrogens with one attached hydrogen (secondary N) is 1. The number of hydrogen-bond acceptors (Lipinski definition) is 8. The third-order valence-electron chi connectivity index (χ3n) is 4.28. The van der Waals surface area contributed by atoms with Crippen molar-refractivity contribution in [2.45, 2.75) is 24.9 Å². The van der Waals surface area contributed by atoms with E-state index in [-0.39, 0.29) is 18.7 Å². The van der Waals surface area contributed by atoms with Crippen molar-refractivity contribution in [3.8, 4) is 0 Å². The van der Waals surface area contributed by atoms with Gasteiger partial charge in [0.05, 0.1) is 18.4 Å². The second-order valence-electron chi connectivity index (χ2n) is 6.41. The van der Waals surface area contributed by atoms with E-state index in [0.717, 1.165) is 10.3 Å². The minimum Gasteiger partial charge on any atom is -0.394 e. The van der Waals surface area contributed by atoms with Gasteiger partial charge >= 0.3 is 5.69 Å². The zero-order valence-electron chi connectivity index (χ0n) is 14.9. The smallest absolute Gasteiger partial charge is 0.330 e. The average Bonchev–Trinajstić information content (AvgIpc) is 3.02. The Bertz CT molecular complexity index is 934. The molecular formula is C17H21N5O5. The Morgan fingerprint density at radius 2 is 1.96 bits per heavy atom. The van der Waals surface area contributed by atoms with Crippen LogP contribution >= 0.6 is 0 Å². The van der Waals surface area contributed by atoms with E-state index in [0.29, 0.717) is 5.69 Å². The number of nitrogens with zero attached hydrogens (tertiary/aromatic N) is 4. The fraction of sp³-hybridized carbons (Fsp3) is 0.412. The first-order chi connectivity index (χ1) is 12.9. The molecule has 0 bridgehead atoms. The number of benzene rings is 1. The molecule has 0 amide bonds. The molecule has 1 saturated heterocycles. The molecule has 1 aromatic heterocycles. The Morgan fingerprint density at radius 1 is 1.26 bits per heavy atom. The third-order valence-corrected chi connectivity index (χ3v) is 4.28. The molecule has 0 spiro atoms. The Hall–Kier alpha value is -2.82. The van der Waals surface area contributed by atoms with E-state index in [2.05, 4.69) is 15.2 Å². The lowest BCUT2D eigenvalue weighted by Gasteiger charge is -2.14. The molecule has 0 aliphatic carbocycles. The van der Waals surface area contributed by atoms with Crippen molar-refractivity contribution in [1.82, 2.24) is 9.55 Å². The third kappa shape index (κ3) is 4.13. The van der Waals surface area contributed by atoms with Crippen molar-refractivity contribution in [3.63, 3.8) is 0 Å². The number of aliphatic hydroxyl groups excluding tert-OH is 2. The summed E-state index contributed by atoms with van der Waals surface area (Å²) >= 11 is 0. The monoisotopic (exact) mass is 375 g/mol. The minimum atomic E-state index is -0.904. The fourth-order valence-corrected chi connectivity index (χ4v) is 2.74. The highest BCUT2D eigenvalue weighted by Gasteiger charge is 2.35. The van der Waals surface area contributed by atoms with E-state index in [1.54, 1.807) is 12.1 Å². The Morgan fingerprint density at radius 3 is 2.56 bits per heavy atom. The topological polar surface area (TPSA) is 133 Å². The molecule has 1 aliphatic heterocycles. The van der Waals surface area contributed by atoms with E-state index >= 15 is 0 Å². The number of ether oxygens (including phenoxy) is 1. The summed E-state index contributed by atoms with van der Waals surface area (Å²) in [7, 11) is 3.84. The van der Waals surface area contributed by atoms with Crippen molar-refractivity contribution < 1.29 is 14.9 Å². The summed E-state index contributed by atoms with van der Waals surface area (Å²) in [5, 5.41) is 26.9. The summed E-state index contributed by atoms with van der Waals surface area (Å²) in [4.78, 5) is 28.2. The highest BCUT2D eigenvalue weighted by atomic mass is 16.5. The van der Waals surface area contributed by atoms with Crippen LogP contribution in [0.2, 0.25) is 0 Å². The minimum absolute atomic E-state index is 0.0724. The van der Waals surface area contributed by atoms with Gasteiger partial charge in [-0.05, 0) is 24.3 Å². The molecule has 10 nitrogen and oxygen atoms in total. The van der Waals surface area contributed by atoms with Crippen LogP contribution in [0.15, 0.2) is 50.3 Å². The summed E-state index contributed by atoms with van der Waals surface area (Å²) in [6.45, 7) is -0.370. The summed E-state index contributed by atoms with van der Waals surface area (Å²) in [6.07, 6.45) is -1.15. The largest absolute Gasteiger partial charge is 0.394 e. The maximum Gasteiger partial charge on any atom is 0.330 e. The van der Waals surface area contributed by atoms with Crippen LogP contribution < -0.4 is 16.1 Å². The van der Waals surface area contributed by atoms with Gasteiger partial charge in [0, 0.05) is 32.4 Å². The molecule has 27 heavy (non-hydrogen) atoms. The van der Waals surface area contributed by atoms with Crippen LogP contribution in [0.1, 0.15) is 12.6 Å². The first-order valence-corrected chi connectivity index (χ1v) is 8.38. The molecule has 10 heteroatoms. The van der Waals surface area contributed by atoms with Gasteiger partial charge in [-0.25, -0.2) is 4.79 Å². The van der Waals surface area contributed by atoms with Gasteiger partial charge in [0.15, 0.2) is 5.69 Å². The standard InChI is InChI=1S/C17H21N5O5/c1-21(2)11-5-3-10(4-6-11)19-20-12-8-22(17(26)18-16(12)25)15-7-13(24)14(9-23)27-15/h3-6,8,13-15,23-24H,7,9H2,1-2H3,(H,18,25,26)/t13-,14+,15+/m0/s1. The SMILES string of the molecule is CN(C)c1ccc(N=Nc2cn([C@H]3C[C@H](O)[C@@H](CO)O3)c(=O)[nH]c2=O)cc1. The van der Waals surface area contributed by atoms with Crippen LogP contribution in [-0.4, -0.2) is 52.7 Å². The molecular weight excluding hydrogens is 354 g/mol. The summed E-state index contributed by atoms with van der Waals surface area (Å²) in [5.74, 6) is 0. The molecule has 1 fully saturated rings. The number of aliphatic hydroxyl groups is 2. The Balaban J connectivity index is 1.86. The quantitative estimate of drug-likeness (QED) is 0.658. The lowest BCUT2D eigenvalue weighted by molar-refractivity contribution is -0.0458. The molecule has 144 valence electrons. The molecule has 0 saturated carbocycles. The number of H-pyrrole nitrogens is 1. The zero-order chi connectivity index (χ0) is 19.6. The molecule has 3 atom stereocenters. The van der Waals surface area contributed by atoms with Gasteiger partial charge < -0.3 is 19.8 Å². The van der Waals surface area contributed by atoms with Gasteiger partial charge in [-0.15, -0.1) is 5.11 Å². The van der Waals surface area contributed by atoms with Crippen molar-refractivity contribution in [2.75, 3.05) is 25.6 Å². The first-order valence-electron chi connectivity index (χ1n) is 8.38. The number of azo groups is 1. The molecule has 3 rings (SSSR count). The molecule has 2 aromatic rings. The van der Waals surface area contributed by atoms with E-state index in [1.165, 1.54) is 6.20 Å². The lowest BCUT2D eigenvalue weighted by Crippen LogP contribution is -2.32. The number of hydrogen-bond donors (Lipinski definition) is 3. The van der Waals surface area contributed by atoms with Crippen molar-refractivity contribution in [1.29, 1.82) is 0 Å². The van der Waals surface area contributed by atoms with Gasteiger partial charge in [-0.1, -0.05) is 0 Å². The van der Waals surface area contributed by atoms with E-state index in [9.17, 15) is 14.7 Å². The van der Waals surface area contributed by atoms with Crippen LogP contribution in [0.4, 0.5) is 17.1 Å². The van der Waals surface area contributed by atoms with Crippen LogP contribution in [0, 0.1) is 0 Å². The maximum atomic E-state index is 12.1. The predicted molar refractivity (Wildman–Crippen MR) is 97.9 cm³/mol. The van der Waals surface area contributed by atoms with E-state index < -0.39 is 29.7 Å². The highest BCUT2D eigenvalue weighted by molar-refractivity contribution is 5.51. The van der Waals surface area contributed by atoms with E-state index in [1.807, 2.05) is 31.1 Å². The number of aromatic nitrogens is 2. The molecule has 2 heterocycles. The van der Waals surface area contributed by atoms with Gasteiger partial charge in [0.1, 0.15) is 12.3 Å². The van der Waals surface area contributed by atoms with Gasteiger partial charge in [0.2, 0.25) is 0 Å². The number of rotatable bonds is 5. The summed E-state index contributed by atoms with van der Waals surface area (Å²) in [5.41, 5.74) is 0.102. The second-order valence-corrected chi connectivity index (χ2v) is 6.41.